The van der Waals surface area contributed by atoms with Crippen LogP contribution >= 0.6 is 11.6 Å². The minimum absolute atomic E-state index is 0.239. The summed E-state index contributed by atoms with van der Waals surface area (Å²) in [5, 5.41) is 10.0. The number of ether oxygens (including phenoxy) is 1. The Kier molecular flexibility index (Phi) is 5.45. The third kappa shape index (κ3) is 4.14. The largest absolute Gasteiger partial charge is 0.492 e. The van der Waals surface area contributed by atoms with E-state index in [-0.39, 0.29) is 5.57 Å². The van der Waals surface area contributed by atoms with E-state index in [9.17, 15) is 9.90 Å². The molecule has 0 heterocycles. The van der Waals surface area contributed by atoms with Crippen LogP contribution in [-0.2, 0) is 4.79 Å². The molecule has 0 aliphatic rings. The lowest BCUT2D eigenvalue weighted by Gasteiger charge is -2.09. The fourth-order valence-corrected chi connectivity index (χ4v) is 2.66. The first-order valence-corrected chi connectivity index (χ1v) is 7.75. The highest BCUT2D eigenvalue weighted by Gasteiger charge is 2.13. The van der Waals surface area contributed by atoms with Gasteiger partial charge in [0.1, 0.15) is 5.75 Å². The van der Waals surface area contributed by atoms with Crippen LogP contribution in [0.25, 0.3) is 11.6 Å². The molecule has 0 unspecified atom stereocenters. The van der Waals surface area contributed by atoms with Crippen molar-refractivity contribution < 1.29 is 14.6 Å². The number of carboxylic acid groups (broad SMARTS) is 1. The molecule has 0 bridgehead atoms. The Balaban J connectivity index is 2.47. The zero-order valence-corrected chi connectivity index (χ0v) is 14.1. The normalized spacial score (nSPS) is 11.4. The van der Waals surface area contributed by atoms with Crippen molar-refractivity contribution in [3.8, 4) is 5.75 Å². The molecular weight excluding hydrogens is 312 g/mol. The van der Waals surface area contributed by atoms with E-state index >= 15 is 0 Å². The molecule has 2 aromatic rings. The summed E-state index contributed by atoms with van der Waals surface area (Å²) in [6.07, 6.45) is 1.63. The monoisotopic (exact) mass is 330 g/mol. The lowest BCUT2D eigenvalue weighted by molar-refractivity contribution is -0.130. The summed E-state index contributed by atoms with van der Waals surface area (Å²) < 4.78 is 5.39. The number of aryl methyl sites for hydroxylation is 2. The van der Waals surface area contributed by atoms with Gasteiger partial charge in [-0.25, -0.2) is 4.79 Å². The zero-order valence-electron chi connectivity index (χ0n) is 13.4. The smallest absolute Gasteiger partial charge is 0.336 e. The summed E-state index contributed by atoms with van der Waals surface area (Å²) in [5.74, 6) is -0.378. The van der Waals surface area contributed by atoms with Gasteiger partial charge in [0.15, 0.2) is 0 Å². The van der Waals surface area contributed by atoms with Crippen molar-refractivity contribution >= 4 is 29.2 Å². The highest BCUT2D eigenvalue weighted by molar-refractivity contribution is 6.32. The maximum atomic E-state index is 11.7. The second-order valence-electron chi connectivity index (χ2n) is 5.30. The first-order chi connectivity index (χ1) is 10.9. The predicted molar refractivity (Wildman–Crippen MR) is 94.0 cm³/mol. The summed E-state index contributed by atoms with van der Waals surface area (Å²) in [4.78, 5) is 11.7. The number of aliphatic carboxylic acids is 1. The van der Waals surface area contributed by atoms with Crippen molar-refractivity contribution in [2.24, 2.45) is 0 Å². The lowest BCUT2D eigenvalue weighted by atomic mass is 9.97. The van der Waals surface area contributed by atoms with E-state index in [0.717, 1.165) is 16.7 Å². The number of carboxylic acids is 1. The number of halogens is 1. The molecule has 0 saturated carbocycles. The van der Waals surface area contributed by atoms with Gasteiger partial charge in [-0.05, 0) is 55.7 Å². The van der Waals surface area contributed by atoms with E-state index in [1.165, 1.54) is 0 Å². The molecule has 0 radical (unpaired) electrons. The van der Waals surface area contributed by atoms with E-state index in [0.29, 0.717) is 22.9 Å². The Morgan fingerprint density at radius 2 is 1.96 bits per heavy atom. The minimum atomic E-state index is -0.970. The Bertz CT molecular complexity index is 763. The van der Waals surface area contributed by atoms with Crippen molar-refractivity contribution in [2.45, 2.75) is 20.8 Å². The number of benzene rings is 2. The standard InChI is InChI=1S/C19H19ClO3/c1-4-23-18-8-6-14(11-17(18)20)10-16(19(21)22)15-7-5-12(2)9-13(15)3/h5-11H,4H2,1-3H3,(H,21,22)/b16-10-. The molecule has 0 spiro atoms. The van der Waals surface area contributed by atoms with Crippen LogP contribution < -0.4 is 4.74 Å². The molecule has 0 aliphatic carbocycles. The van der Waals surface area contributed by atoms with Crippen LogP contribution in [0.4, 0.5) is 0 Å². The van der Waals surface area contributed by atoms with E-state index in [1.807, 2.05) is 39.0 Å². The Morgan fingerprint density at radius 3 is 2.52 bits per heavy atom. The molecule has 4 heteroatoms. The minimum Gasteiger partial charge on any atom is -0.492 e. The van der Waals surface area contributed by atoms with Crippen LogP contribution in [-0.4, -0.2) is 17.7 Å². The molecule has 0 atom stereocenters. The second-order valence-corrected chi connectivity index (χ2v) is 5.71. The highest BCUT2D eigenvalue weighted by Crippen LogP contribution is 2.28. The van der Waals surface area contributed by atoms with Crippen LogP contribution in [0, 0.1) is 13.8 Å². The van der Waals surface area contributed by atoms with E-state index in [2.05, 4.69) is 0 Å². The van der Waals surface area contributed by atoms with Gasteiger partial charge >= 0.3 is 5.97 Å². The molecule has 120 valence electrons. The van der Waals surface area contributed by atoms with Gasteiger partial charge in [0.2, 0.25) is 0 Å². The molecular formula is C19H19ClO3. The van der Waals surface area contributed by atoms with Gasteiger partial charge in [-0.3, -0.25) is 0 Å². The fraction of sp³-hybridized carbons (Fsp3) is 0.211. The van der Waals surface area contributed by atoms with Crippen molar-refractivity contribution in [2.75, 3.05) is 6.61 Å². The summed E-state index contributed by atoms with van der Waals surface area (Å²) in [5.41, 5.74) is 3.68. The molecule has 23 heavy (non-hydrogen) atoms. The Hall–Kier alpha value is -2.26. The zero-order chi connectivity index (χ0) is 17.0. The predicted octanol–water partition coefficient (Wildman–Crippen LogP) is 4.98. The summed E-state index contributed by atoms with van der Waals surface area (Å²) in [7, 11) is 0. The fourth-order valence-electron chi connectivity index (χ4n) is 2.42. The second kappa shape index (κ2) is 7.34. The van der Waals surface area contributed by atoms with Gasteiger partial charge in [-0.15, -0.1) is 0 Å². The number of rotatable bonds is 5. The van der Waals surface area contributed by atoms with Crippen molar-refractivity contribution in [1.82, 2.24) is 0 Å². The lowest BCUT2D eigenvalue weighted by Crippen LogP contribution is -2.02. The first-order valence-electron chi connectivity index (χ1n) is 7.37. The van der Waals surface area contributed by atoms with E-state index in [4.69, 9.17) is 16.3 Å². The molecule has 0 aromatic heterocycles. The maximum Gasteiger partial charge on any atom is 0.336 e. The van der Waals surface area contributed by atoms with Crippen LogP contribution in [0.3, 0.4) is 0 Å². The Morgan fingerprint density at radius 1 is 1.22 bits per heavy atom. The number of hydrogen-bond donors (Lipinski definition) is 1. The van der Waals surface area contributed by atoms with E-state index in [1.54, 1.807) is 24.3 Å². The first kappa shape index (κ1) is 17.1. The van der Waals surface area contributed by atoms with Gasteiger partial charge in [-0.1, -0.05) is 41.4 Å². The Labute approximate surface area is 141 Å². The van der Waals surface area contributed by atoms with E-state index < -0.39 is 5.97 Å². The van der Waals surface area contributed by atoms with Crippen LogP contribution in [0.5, 0.6) is 5.75 Å². The molecule has 0 saturated heterocycles. The highest BCUT2D eigenvalue weighted by atomic mass is 35.5. The third-order valence-electron chi connectivity index (χ3n) is 3.47. The molecule has 0 amide bonds. The average molecular weight is 331 g/mol. The van der Waals surface area contributed by atoms with Gasteiger partial charge in [0.25, 0.3) is 0 Å². The van der Waals surface area contributed by atoms with Gasteiger partial charge < -0.3 is 9.84 Å². The van der Waals surface area contributed by atoms with Crippen molar-refractivity contribution in [3.63, 3.8) is 0 Å². The van der Waals surface area contributed by atoms with Crippen LogP contribution in [0.1, 0.15) is 29.2 Å². The van der Waals surface area contributed by atoms with Crippen molar-refractivity contribution in [1.29, 1.82) is 0 Å². The SMILES string of the molecule is CCOc1ccc(/C=C(\C(=O)O)c2ccc(C)cc2C)cc1Cl. The van der Waals surface area contributed by atoms with Crippen molar-refractivity contribution in [3.05, 3.63) is 63.7 Å². The van der Waals surface area contributed by atoms with Gasteiger partial charge in [0.05, 0.1) is 17.2 Å². The topological polar surface area (TPSA) is 46.5 Å². The maximum absolute atomic E-state index is 11.7. The molecule has 2 rings (SSSR count). The number of hydrogen-bond acceptors (Lipinski definition) is 2. The summed E-state index contributed by atoms with van der Waals surface area (Å²) in [6, 6.07) is 11.0. The van der Waals surface area contributed by atoms with Gasteiger partial charge in [-0.2, -0.15) is 0 Å². The van der Waals surface area contributed by atoms with Crippen LogP contribution in [0.2, 0.25) is 5.02 Å². The summed E-state index contributed by atoms with van der Waals surface area (Å²) >= 11 is 6.17. The molecule has 1 N–H and O–H groups in total. The number of carbonyl (C=O) groups is 1. The quantitative estimate of drug-likeness (QED) is 0.621. The molecule has 0 aliphatic heterocycles. The van der Waals surface area contributed by atoms with Gasteiger partial charge in [0, 0.05) is 0 Å². The molecule has 3 nitrogen and oxygen atoms in total. The third-order valence-corrected chi connectivity index (χ3v) is 3.76. The average Bonchev–Trinajstić information content (AvgIpc) is 2.48. The molecule has 2 aromatic carbocycles. The van der Waals surface area contributed by atoms with Crippen LogP contribution in [0.15, 0.2) is 36.4 Å². The molecule has 0 fully saturated rings. The summed E-state index contributed by atoms with van der Waals surface area (Å²) in [6.45, 7) is 6.29.